The fraction of sp³-hybridized carbons (Fsp3) is 0.0741. The van der Waals surface area contributed by atoms with Crippen molar-refractivity contribution in [3.05, 3.63) is 102 Å². The molecular weight excluding hydrogens is 454 g/mol. The molecule has 0 saturated carbocycles. The number of hydrogen-bond acceptors (Lipinski definition) is 6. The van der Waals surface area contributed by atoms with Crippen molar-refractivity contribution in [2.24, 2.45) is 0 Å². The van der Waals surface area contributed by atoms with Gasteiger partial charge in [-0.05, 0) is 61.1 Å². The van der Waals surface area contributed by atoms with Crippen molar-refractivity contribution in [1.29, 1.82) is 0 Å². The topological polar surface area (TPSA) is 102 Å². The summed E-state index contributed by atoms with van der Waals surface area (Å²) in [5.41, 5.74) is 13.7. The van der Waals surface area contributed by atoms with Crippen LogP contribution in [0.1, 0.15) is 17.0 Å². The van der Waals surface area contributed by atoms with Crippen LogP contribution in [0.15, 0.2) is 84.9 Å². The summed E-state index contributed by atoms with van der Waals surface area (Å²) >= 11 is 5.54. The number of thiocarbonyl (C=S) groups is 1. The SMILES string of the molecule is Cc1nc2cc(N)ccc2nc1Cc1ccccc1NC(=S)Nc1ccc(-c2ccccc2)nn1. The number of aryl methyl sites for hydroxylation is 1. The molecule has 2 heterocycles. The molecule has 0 unspecified atom stereocenters. The molecule has 7 nitrogen and oxygen atoms in total. The first-order valence-corrected chi connectivity index (χ1v) is 11.5. The summed E-state index contributed by atoms with van der Waals surface area (Å²) in [6, 6.07) is 27.2. The van der Waals surface area contributed by atoms with E-state index in [4.69, 9.17) is 27.9 Å². The average molecular weight is 478 g/mol. The molecule has 3 aromatic carbocycles. The number of para-hydroxylation sites is 1. The van der Waals surface area contributed by atoms with E-state index in [1.165, 1.54) is 0 Å². The van der Waals surface area contributed by atoms with Gasteiger partial charge in [-0.15, -0.1) is 10.2 Å². The van der Waals surface area contributed by atoms with Crippen LogP contribution in [0.4, 0.5) is 17.2 Å². The van der Waals surface area contributed by atoms with E-state index in [0.29, 0.717) is 23.0 Å². The van der Waals surface area contributed by atoms with Gasteiger partial charge in [-0.25, -0.2) is 9.97 Å². The van der Waals surface area contributed by atoms with E-state index in [9.17, 15) is 0 Å². The molecule has 0 bridgehead atoms. The summed E-state index contributed by atoms with van der Waals surface area (Å²) in [5.74, 6) is 0.565. The van der Waals surface area contributed by atoms with Gasteiger partial charge in [0.05, 0.1) is 28.1 Å². The molecule has 0 spiro atoms. The molecule has 0 aliphatic rings. The maximum Gasteiger partial charge on any atom is 0.176 e. The second-order valence-corrected chi connectivity index (χ2v) is 8.49. The lowest BCUT2D eigenvalue weighted by Crippen LogP contribution is -2.21. The van der Waals surface area contributed by atoms with Gasteiger partial charge in [0, 0.05) is 23.4 Å². The van der Waals surface area contributed by atoms with Gasteiger partial charge in [0.15, 0.2) is 10.9 Å². The number of benzene rings is 3. The highest BCUT2D eigenvalue weighted by Gasteiger charge is 2.11. The van der Waals surface area contributed by atoms with Crippen LogP contribution in [0.25, 0.3) is 22.3 Å². The number of anilines is 3. The highest BCUT2D eigenvalue weighted by molar-refractivity contribution is 7.80. The number of nitrogens with zero attached hydrogens (tertiary/aromatic N) is 4. The molecule has 5 rings (SSSR count). The first-order valence-electron chi connectivity index (χ1n) is 11.1. The molecule has 5 aromatic rings. The Labute approximate surface area is 208 Å². The van der Waals surface area contributed by atoms with Crippen LogP contribution in [-0.4, -0.2) is 25.3 Å². The van der Waals surface area contributed by atoms with Crippen LogP contribution < -0.4 is 16.4 Å². The zero-order valence-corrected chi connectivity index (χ0v) is 19.9. The summed E-state index contributed by atoms with van der Waals surface area (Å²) in [6.45, 7) is 1.96. The van der Waals surface area contributed by atoms with E-state index in [1.807, 2.05) is 91.9 Å². The van der Waals surface area contributed by atoms with Gasteiger partial charge >= 0.3 is 0 Å². The molecule has 2 aromatic heterocycles. The predicted octanol–water partition coefficient (Wildman–Crippen LogP) is 5.38. The smallest absolute Gasteiger partial charge is 0.176 e. The summed E-state index contributed by atoms with van der Waals surface area (Å²) < 4.78 is 0. The Balaban J connectivity index is 1.30. The minimum absolute atomic E-state index is 0.427. The van der Waals surface area contributed by atoms with Crippen molar-refractivity contribution in [3.8, 4) is 11.3 Å². The van der Waals surface area contributed by atoms with Crippen LogP contribution in [0.5, 0.6) is 0 Å². The lowest BCUT2D eigenvalue weighted by molar-refractivity contribution is 1.02. The Morgan fingerprint density at radius 2 is 1.63 bits per heavy atom. The fourth-order valence-corrected chi connectivity index (χ4v) is 3.99. The van der Waals surface area contributed by atoms with Crippen molar-refractivity contribution in [3.63, 3.8) is 0 Å². The lowest BCUT2D eigenvalue weighted by atomic mass is 10.1. The summed E-state index contributed by atoms with van der Waals surface area (Å²) in [5, 5.41) is 15.4. The standard InChI is InChI=1S/C27H23N7S/c1-17-24(30-23-12-11-20(28)16-25(23)29-17)15-19-9-5-6-10-21(19)31-27(35)32-26-14-13-22(33-34-26)18-7-3-2-4-8-18/h2-14,16H,15,28H2,1H3,(H2,31,32,34,35). The minimum Gasteiger partial charge on any atom is -0.399 e. The van der Waals surface area contributed by atoms with Gasteiger partial charge in [0.2, 0.25) is 0 Å². The van der Waals surface area contributed by atoms with Crippen molar-refractivity contribution in [2.75, 3.05) is 16.4 Å². The number of rotatable bonds is 5. The number of nitrogens with two attached hydrogens (primary N) is 1. The Kier molecular flexibility index (Phi) is 6.28. The highest BCUT2D eigenvalue weighted by atomic mass is 32.1. The van der Waals surface area contributed by atoms with Crippen LogP contribution in [0.2, 0.25) is 0 Å². The van der Waals surface area contributed by atoms with Gasteiger partial charge in [0.1, 0.15) is 0 Å². The molecule has 4 N–H and O–H groups in total. The van der Waals surface area contributed by atoms with E-state index >= 15 is 0 Å². The summed E-state index contributed by atoms with van der Waals surface area (Å²) in [7, 11) is 0. The predicted molar refractivity (Wildman–Crippen MR) is 145 cm³/mol. The molecule has 0 aliphatic carbocycles. The molecule has 0 atom stereocenters. The molecule has 0 saturated heterocycles. The Hall–Kier alpha value is -4.43. The van der Waals surface area contributed by atoms with E-state index in [1.54, 1.807) is 0 Å². The van der Waals surface area contributed by atoms with Gasteiger partial charge in [-0.2, -0.15) is 0 Å². The molecule has 172 valence electrons. The lowest BCUT2D eigenvalue weighted by Gasteiger charge is -2.14. The third-order valence-corrected chi connectivity index (χ3v) is 5.76. The van der Waals surface area contributed by atoms with Gasteiger partial charge in [0.25, 0.3) is 0 Å². The minimum atomic E-state index is 0.427. The number of hydrogen-bond donors (Lipinski definition) is 3. The first kappa shape index (κ1) is 22.4. The summed E-state index contributed by atoms with van der Waals surface area (Å²) in [4.78, 5) is 9.51. The second-order valence-electron chi connectivity index (χ2n) is 8.09. The Morgan fingerprint density at radius 3 is 2.43 bits per heavy atom. The van der Waals surface area contributed by atoms with E-state index < -0.39 is 0 Å². The van der Waals surface area contributed by atoms with E-state index in [-0.39, 0.29) is 0 Å². The number of fused-ring (bicyclic) bond motifs is 1. The third kappa shape index (κ3) is 5.23. The van der Waals surface area contributed by atoms with Crippen LogP contribution in [0.3, 0.4) is 0 Å². The monoisotopic (exact) mass is 477 g/mol. The number of nitrogens with one attached hydrogen (secondary N) is 2. The largest absolute Gasteiger partial charge is 0.399 e. The van der Waals surface area contributed by atoms with E-state index in [2.05, 4.69) is 20.8 Å². The maximum atomic E-state index is 5.89. The van der Waals surface area contributed by atoms with E-state index in [0.717, 1.165) is 44.9 Å². The Morgan fingerprint density at radius 1 is 0.829 bits per heavy atom. The van der Waals surface area contributed by atoms with Crippen molar-refractivity contribution in [1.82, 2.24) is 20.2 Å². The maximum absolute atomic E-state index is 5.89. The molecule has 0 radical (unpaired) electrons. The van der Waals surface area contributed by atoms with Crippen LogP contribution >= 0.6 is 12.2 Å². The van der Waals surface area contributed by atoms with Gasteiger partial charge < -0.3 is 16.4 Å². The molecular formula is C27H23N7S. The first-order chi connectivity index (χ1) is 17.0. The molecule has 35 heavy (non-hydrogen) atoms. The third-order valence-electron chi connectivity index (χ3n) is 5.56. The van der Waals surface area contributed by atoms with Gasteiger partial charge in [-0.3, -0.25) is 0 Å². The zero-order chi connectivity index (χ0) is 24.2. The molecule has 0 amide bonds. The zero-order valence-electron chi connectivity index (χ0n) is 19.1. The second kappa shape index (κ2) is 9.82. The number of nitrogen functional groups attached to an aromatic ring is 1. The quantitative estimate of drug-likeness (QED) is 0.229. The molecule has 8 heteroatoms. The molecule has 0 fully saturated rings. The van der Waals surface area contributed by atoms with Crippen LogP contribution in [-0.2, 0) is 6.42 Å². The highest BCUT2D eigenvalue weighted by Crippen LogP contribution is 2.23. The van der Waals surface area contributed by atoms with Crippen LogP contribution in [0, 0.1) is 6.92 Å². The Bertz CT molecular complexity index is 1500. The average Bonchev–Trinajstić information content (AvgIpc) is 2.87. The number of aromatic nitrogens is 4. The van der Waals surface area contributed by atoms with Gasteiger partial charge in [-0.1, -0.05) is 48.5 Å². The molecule has 0 aliphatic heterocycles. The van der Waals surface area contributed by atoms with Crippen molar-refractivity contribution in [2.45, 2.75) is 13.3 Å². The summed E-state index contributed by atoms with van der Waals surface area (Å²) in [6.07, 6.45) is 0.608. The van der Waals surface area contributed by atoms with Crippen molar-refractivity contribution >= 4 is 45.6 Å². The fourth-order valence-electron chi connectivity index (χ4n) is 3.77. The normalized spacial score (nSPS) is 10.8. The van der Waals surface area contributed by atoms with Crippen molar-refractivity contribution < 1.29 is 0 Å².